The summed E-state index contributed by atoms with van der Waals surface area (Å²) >= 11 is 0. The lowest BCUT2D eigenvalue weighted by atomic mass is 10.1. The van der Waals surface area contributed by atoms with E-state index in [-0.39, 0.29) is 6.02 Å². The molecule has 0 aromatic heterocycles. The van der Waals surface area contributed by atoms with Crippen LogP contribution in [0.4, 0.5) is 5.69 Å². The number of nitriles is 1. The number of nitrogens with one attached hydrogen (secondary N) is 1. The molecule has 0 aliphatic carbocycles. The first-order chi connectivity index (χ1) is 12.3. The van der Waals surface area contributed by atoms with E-state index in [2.05, 4.69) is 15.2 Å². The molecule has 1 fully saturated rings. The maximum atomic E-state index is 8.98. The molecule has 0 radical (unpaired) electrons. The molecule has 3 rings (SSSR count). The van der Waals surface area contributed by atoms with Gasteiger partial charge in [0.1, 0.15) is 5.75 Å². The van der Waals surface area contributed by atoms with Crippen molar-refractivity contribution >= 4 is 11.7 Å². The molecule has 0 unspecified atom stereocenters. The van der Waals surface area contributed by atoms with Crippen molar-refractivity contribution in [3.63, 3.8) is 0 Å². The molecule has 1 N–H and O–H groups in total. The fourth-order valence-corrected chi connectivity index (χ4v) is 2.59. The van der Waals surface area contributed by atoms with Gasteiger partial charge in [0.2, 0.25) is 0 Å². The molecule has 25 heavy (non-hydrogen) atoms. The van der Waals surface area contributed by atoms with Crippen LogP contribution in [0, 0.1) is 11.5 Å². The second kappa shape index (κ2) is 8.83. The van der Waals surface area contributed by atoms with E-state index in [1.54, 1.807) is 0 Å². The van der Waals surface area contributed by atoms with Crippen molar-refractivity contribution in [2.45, 2.75) is 6.54 Å². The van der Waals surface area contributed by atoms with E-state index < -0.39 is 0 Å². The molecule has 1 saturated heterocycles. The highest BCUT2D eigenvalue weighted by Gasteiger charge is 2.13. The van der Waals surface area contributed by atoms with Crippen molar-refractivity contribution in [1.29, 1.82) is 5.26 Å². The lowest BCUT2D eigenvalue weighted by Gasteiger charge is -2.27. The Morgan fingerprint density at radius 1 is 1.12 bits per heavy atom. The Kier molecular flexibility index (Phi) is 5.99. The average Bonchev–Trinajstić information content (AvgIpc) is 2.65. The minimum absolute atomic E-state index is 0.156. The lowest BCUT2D eigenvalue weighted by Crippen LogP contribution is -2.35. The smallest absolute Gasteiger partial charge is 0.309 e. The molecule has 6 nitrogen and oxygen atoms in total. The summed E-state index contributed by atoms with van der Waals surface area (Å²) < 4.78 is 11.1. The number of hydrogen-bond donors (Lipinski definition) is 1. The second-order valence-electron chi connectivity index (χ2n) is 5.59. The molecule has 0 amide bonds. The van der Waals surface area contributed by atoms with E-state index in [0.29, 0.717) is 5.75 Å². The summed E-state index contributed by atoms with van der Waals surface area (Å²) in [6, 6.07) is 17.3. The van der Waals surface area contributed by atoms with Crippen molar-refractivity contribution in [2.75, 3.05) is 26.3 Å². The first-order valence-electron chi connectivity index (χ1n) is 8.20. The van der Waals surface area contributed by atoms with Crippen molar-refractivity contribution in [1.82, 2.24) is 10.2 Å². The molecule has 1 aliphatic rings. The number of amidine groups is 1. The van der Waals surface area contributed by atoms with Gasteiger partial charge in [-0.25, -0.2) is 5.32 Å². The van der Waals surface area contributed by atoms with Gasteiger partial charge in [-0.3, -0.25) is 4.90 Å². The molecule has 2 aromatic rings. The Bertz CT molecular complexity index is 750. The molecule has 6 heteroatoms. The number of morpholine rings is 1. The minimum Gasteiger partial charge on any atom is -0.425 e. The Balaban J connectivity index is 1.80. The number of para-hydroxylation sites is 2. The van der Waals surface area contributed by atoms with E-state index in [4.69, 9.17) is 14.7 Å². The normalized spacial score (nSPS) is 15.4. The van der Waals surface area contributed by atoms with Crippen LogP contribution in [0.25, 0.3) is 0 Å². The highest BCUT2D eigenvalue weighted by atomic mass is 16.5. The van der Waals surface area contributed by atoms with Crippen LogP contribution in [0.3, 0.4) is 0 Å². The number of nitrogens with zero attached hydrogens (tertiary/aromatic N) is 3. The van der Waals surface area contributed by atoms with Crippen molar-refractivity contribution < 1.29 is 9.47 Å². The van der Waals surface area contributed by atoms with Crippen LogP contribution in [0.2, 0.25) is 0 Å². The van der Waals surface area contributed by atoms with Gasteiger partial charge in [-0.2, -0.15) is 10.3 Å². The van der Waals surface area contributed by atoms with E-state index in [9.17, 15) is 0 Å². The van der Waals surface area contributed by atoms with Gasteiger partial charge >= 0.3 is 6.02 Å². The van der Waals surface area contributed by atoms with Crippen LogP contribution in [-0.2, 0) is 11.3 Å². The van der Waals surface area contributed by atoms with Gasteiger partial charge in [0.05, 0.1) is 18.9 Å². The Hall–Kier alpha value is -2.88. The lowest BCUT2D eigenvalue weighted by molar-refractivity contribution is 0.0342. The fraction of sp³-hybridized carbons (Fsp3) is 0.263. The zero-order valence-electron chi connectivity index (χ0n) is 13.9. The molecule has 2 aromatic carbocycles. The molecular formula is C19H20N4O2. The quantitative estimate of drug-likeness (QED) is 0.402. The van der Waals surface area contributed by atoms with Gasteiger partial charge in [0.15, 0.2) is 6.19 Å². The third-order valence-electron chi connectivity index (χ3n) is 3.83. The van der Waals surface area contributed by atoms with Crippen LogP contribution in [0.1, 0.15) is 5.56 Å². The predicted octanol–water partition coefficient (Wildman–Crippen LogP) is 2.66. The standard InChI is InChI=1S/C19H20N4O2/c20-15-21-19(25-17-7-2-1-3-8-17)22-18-9-5-4-6-16(18)14-23-10-12-24-13-11-23/h1-9H,10-14H2,(H,21,22). The van der Waals surface area contributed by atoms with Crippen molar-refractivity contribution in [3.05, 3.63) is 60.2 Å². The largest absolute Gasteiger partial charge is 0.425 e. The number of benzene rings is 2. The molecule has 1 heterocycles. The Morgan fingerprint density at radius 2 is 1.84 bits per heavy atom. The molecule has 128 valence electrons. The molecule has 1 aliphatic heterocycles. The number of rotatable bonds is 4. The van der Waals surface area contributed by atoms with Crippen LogP contribution in [0.5, 0.6) is 5.75 Å². The predicted molar refractivity (Wildman–Crippen MR) is 95.5 cm³/mol. The zero-order valence-corrected chi connectivity index (χ0v) is 13.9. The van der Waals surface area contributed by atoms with Gasteiger partial charge in [0.25, 0.3) is 0 Å². The van der Waals surface area contributed by atoms with Gasteiger partial charge in [0, 0.05) is 19.6 Å². The summed E-state index contributed by atoms with van der Waals surface area (Å²) in [5, 5.41) is 11.5. The highest BCUT2D eigenvalue weighted by molar-refractivity contribution is 5.81. The van der Waals surface area contributed by atoms with E-state index in [0.717, 1.165) is 44.1 Å². The number of hydrogen-bond acceptors (Lipinski definition) is 5. The molecule has 0 atom stereocenters. The van der Waals surface area contributed by atoms with E-state index in [1.807, 2.05) is 60.8 Å². The summed E-state index contributed by atoms with van der Waals surface area (Å²) in [5.41, 5.74) is 1.86. The van der Waals surface area contributed by atoms with E-state index >= 15 is 0 Å². The maximum Gasteiger partial charge on any atom is 0.309 e. The Labute approximate surface area is 147 Å². The van der Waals surface area contributed by atoms with Crippen LogP contribution in [0.15, 0.2) is 59.6 Å². The zero-order chi connectivity index (χ0) is 17.3. The van der Waals surface area contributed by atoms with Crippen LogP contribution < -0.4 is 10.1 Å². The SMILES string of the molecule is N#CNC(=Nc1ccccc1CN1CCOCC1)Oc1ccccc1. The topological polar surface area (TPSA) is 69.9 Å². The minimum atomic E-state index is 0.156. The Morgan fingerprint density at radius 3 is 2.60 bits per heavy atom. The number of aliphatic imine (C=N–C) groups is 1. The summed E-state index contributed by atoms with van der Waals surface area (Å²) in [6.45, 7) is 4.10. The molecular weight excluding hydrogens is 316 g/mol. The maximum absolute atomic E-state index is 8.98. The van der Waals surface area contributed by atoms with Crippen molar-refractivity contribution in [2.24, 2.45) is 4.99 Å². The third kappa shape index (κ3) is 5.05. The third-order valence-corrected chi connectivity index (χ3v) is 3.83. The van der Waals surface area contributed by atoms with Crippen LogP contribution >= 0.6 is 0 Å². The summed E-state index contributed by atoms with van der Waals surface area (Å²) in [6.07, 6.45) is 1.88. The average molecular weight is 336 g/mol. The highest BCUT2D eigenvalue weighted by Crippen LogP contribution is 2.21. The molecule has 0 bridgehead atoms. The molecule has 0 spiro atoms. The van der Waals surface area contributed by atoms with Crippen LogP contribution in [-0.4, -0.2) is 37.2 Å². The number of ether oxygens (including phenoxy) is 2. The van der Waals surface area contributed by atoms with Crippen molar-refractivity contribution in [3.8, 4) is 11.9 Å². The second-order valence-corrected chi connectivity index (χ2v) is 5.59. The van der Waals surface area contributed by atoms with Gasteiger partial charge < -0.3 is 9.47 Å². The first-order valence-corrected chi connectivity index (χ1v) is 8.20. The summed E-state index contributed by atoms with van der Waals surface area (Å²) in [4.78, 5) is 6.84. The summed E-state index contributed by atoms with van der Waals surface area (Å²) in [7, 11) is 0. The molecule has 0 saturated carbocycles. The monoisotopic (exact) mass is 336 g/mol. The van der Waals surface area contributed by atoms with Gasteiger partial charge in [-0.1, -0.05) is 36.4 Å². The summed E-state index contributed by atoms with van der Waals surface area (Å²) in [5.74, 6) is 0.620. The van der Waals surface area contributed by atoms with Gasteiger partial charge in [-0.05, 0) is 23.8 Å². The fourth-order valence-electron chi connectivity index (χ4n) is 2.59. The van der Waals surface area contributed by atoms with E-state index in [1.165, 1.54) is 0 Å². The van der Waals surface area contributed by atoms with Gasteiger partial charge in [-0.15, -0.1) is 0 Å². The first kappa shape index (κ1) is 17.0.